The molecule has 0 atom stereocenters. The number of rotatable bonds is 4. The number of pyridine rings is 1. The molecule has 5 nitrogen and oxygen atoms in total. The fraction of sp³-hybridized carbons (Fsp3) is 0.462. The van der Waals surface area contributed by atoms with Gasteiger partial charge in [-0.05, 0) is 24.4 Å². The highest BCUT2D eigenvalue weighted by Crippen LogP contribution is 2.14. The molecule has 1 N–H and O–H groups in total. The fourth-order valence-corrected chi connectivity index (χ4v) is 3.48. The Balaban J connectivity index is 1.76. The third-order valence-electron chi connectivity index (χ3n) is 3.40. The van der Waals surface area contributed by atoms with Crippen LogP contribution in [0.25, 0.3) is 11.5 Å². The van der Waals surface area contributed by atoms with E-state index in [9.17, 15) is 0 Å². The van der Waals surface area contributed by atoms with Crippen molar-refractivity contribution in [3.8, 4) is 11.5 Å². The smallest absolute Gasteiger partial charge is 0.195 e. The lowest BCUT2D eigenvalue weighted by atomic mass is 10.3. The highest BCUT2D eigenvalue weighted by molar-refractivity contribution is 7.99. The molecule has 0 unspecified atom stereocenters. The lowest BCUT2D eigenvalue weighted by Crippen LogP contribution is -2.35. The summed E-state index contributed by atoms with van der Waals surface area (Å²) in [6, 6.07) is 5.83. The standard InChI is InChI=1S/C13H17N5S2/c19-13-16-15-12(11-3-1-2-4-14-11)18(13)6-5-17-7-9-20-10-8-17/h1-4H,5-10H2,(H,16,19). The van der Waals surface area contributed by atoms with Crippen molar-refractivity contribution in [2.45, 2.75) is 6.54 Å². The van der Waals surface area contributed by atoms with E-state index < -0.39 is 0 Å². The summed E-state index contributed by atoms with van der Waals surface area (Å²) in [4.78, 5) is 6.83. The van der Waals surface area contributed by atoms with Gasteiger partial charge in [0, 0.05) is 43.9 Å². The van der Waals surface area contributed by atoms with Crippen molar-refractivity contribution in [3.05, 3.63) is 29.2 Å². The molecular formula is C13H17N5S2. The van der Waals surface area contributed by atoms with Gasteiger partial charge in [-0.25, -0.2) is 0 Å². The third-order valence-corrected chi connectivity index (χ3v) is 4.65. The lowest BCUT2D eigenvalue weighted by Gasteiger charge is -2.26. The SMILES string of the molecule is S=c1[nH]nc(-c2ccccn2)n1CCN1CCSCC1. The minimum Gasteiger partial charge on any atom is -0.300 e. The zero-order valence-electron chi connectivity index (χ0n) is 11.2. The van der Waals surface area contributed by atoms with Crippen molar-refractivity contribution in [2.24, 2.45) is 0 Å². The van der Waals surface area contributed by atoms with Gasteiger partial charge in [0.25, 0.3) is 0 Å². The van der Waals surface area contributed by atoms with Crippen molar-refractivity contribution in [3.63, 3.8) is 0 Å². The van der Waals surface area contributed by atoms with Gasteiger partial charge in [-0.2, -0.15) is 16.9 Å². The van der Waals surface area contributed by atoms with Gasteiger partial charge in [-0.1, -0.05) is 6.07 Å². The van der Waals surface area contributed by atoms with Crippen LogP contribution in [0.3, 0.4) is 0 Å². The van der Waals surface area contributed by atoms with E-state index in [1.807, 2.05) is 34.5 Å². The molecule has 1 aliphatic heterocycles. The maximum absolute atomic E-state index is 5.33. The van der Waals surface area contributed by atoms with Crippen LogP contribution in [0.1, 0.15) is 0 Å². The number of nitrogens with one attached hydrogen (secondary N) is 1. The van der Waals surface area contributed by atoms with Crippen molar-refractivity contribution < 1.29 is 0 Å². The molecule has 0 amide bonds. The minimum absolute atomic E-state index is 0.664. The van der Waals surface area contributed by atoms with Crippen LogP contribution in [0.4, 0.5) is 0 Å². The van der Waals surface area contributed by atoms with Crippen LogP contribution in [0, 0.1) is 4.77 Å². The first kappa shape index (κ1) is 13.8. The van der Waals surface area contributed by atoms with E-state index in [1.54, 1.807) is 6.20 Å². The molecule has 0 saturated carbocycles. The molecule has 3 rings (SSSR count). The molecule has 20 heavy (non-hydrogen) atoms. The van der Waals surface area contributed by atoms with Gasteiger partial charge in [-0.3, -0.25) is 19.5 Å². The number of hydrogen-bond acceptors (Lipinski definition) is 5. The van der Waals surface area contributed by atoms with E-state index in [1.165, 1.54) is 11.5 Å². The molecule has 1 saturated heterocycles. The average Bonchev–Trinajstić information content (AvgIpc) is 2.88. The van der Waals surface area contributed by atoms with Crippen LogP contribution in [-0.4, -0.2) is 55.8 Å². The van der Waals surface area contributed by atoms with Gasteiger partial charge in [0.15, 0.2) is 10.6 Å². The Kier molecular flexibility index (Phi) is 4.49. The molecule has 0 radical (unpaired) electrons. The van der Waals surface area contributed by atoms with Gasteiger partial charge in [-0.15, -0.1) is 0 Å². The molecule has 1 fully saturated rings. The molecule has 1 aliphatic rings. The largest absolute Gasteiger partial charge is 0.300 e. The van der Waals surface area contributed by atoms with Crippen LogP contribution in [0.2, 0.25) is 0 Å². The maximum Gasteiger partial charge on any atom is 0.195 e. The summed E-state index contributed by atoms with van der Waals surface area (Å²) in [6.07, 6.45) is 1.78. The quantitative estimate of drug-likeness (QED) is 0.876. The number of H-pyrrole nitrogens is 1. The lowest BCUT2D eigenvalue weighted by molar-refractivity contribution is 0.289. The van der Waals surface area contributed by atoms with Crippen LogP contribution in [0.15, 0.2) is 24.4 Å². The number of aromatic amines is 1. The molecule has 106 valence electrons. The summed E-state index contributed by atoms with van der Waals surface area (Å²) in [5, 5.41) is 7.19. The number of nitrogens with zero attached hydrogens (tertiary/aromatic N) is 4. The van der Waals surface area contributed by atoms with Gasteiger partial charge >= 0.3 is 0 Å². The summed E-state index contributed by atoms with van der Waals surface area (Å²) >= 11 is 7.36. The van der Waals surface area contributed by atoms with Gasteiger partial charge in [0.1, 0.15) is 5.69 Å². The van der Waals surface area contributed by atoms with E-state index in [-0.39, 0.29) is 0 Å². The highest BCUT2D eigenvalue weighted by Gasteiger charge is 2.13. The monoisotopic (exact) mass is 307 g/mol. The van der Waals surface area contributed by atoms with Gasteiger partial charge < -0.3 is 0 Å². The first-order valence-corrected chi connectivity index (χ1v) is 8.27. The van der Waals surface area contributed by atoms with Crippen molar-refractivity contribution in [1.29, 1.82) is 0 Å². The molecule has 7 heteroatoms. The Labute approximate surface area is 127 Å². The topological polar surface area (TPSA) is 49.7 Å². The first-order valence-electron chi connectivity index (χ1n) is 6.71. The Morgan fingerprint density at radius 1 is 1.25 bits per heavy atom. The van der Waals surface area contributed by atoms with Crippen LogP contribution in [0.5, 0.6) is 0 Å². The van der Waals surface area contributed by atoms with E-state index in [0.717, 1.165) is 37.7 Å². The maximum atomic E-state index is 5.33. The molecule has 0 aromatic carbocycles. The highest BCUT2D eigenvalue weighted by atomic mass is 32.2. The van der Waals surface area contributed by atoms with Gasteiger partial charge in [0.05, 0.1) is 0 Å². The second kappa shape index (κ2) is 6.51. The van der Waals surface area contributed by atoms with E-state index in [2.05, 4.69) is 20.1 Å². The van der Waals surface area contributed by atoms with Gasteiger partial charge in [0.2, 0.25) is 0 Å². The molecule has 3 heterocycles. The minimum atomic E-state index is 0.664. The predicted molar refractivity (Wildman–Crippen MR) is 84.4 cm³/mol. The molecule has 2 aromatic rings. The summed E-state index contributed by atoms with van der Waals surface area (Å²) in [7, 11) is 0. The third kappa shape index (κ3) is 3.11. The van der Waals surface area contributed by atoms with Crippen LogP contribution in [-0.2, 0) is 6.54 Å². The number of thioether (sulfide) groups is 1. The Hall–Kier alpha value is -1.18. The summed E-state index contributed by atoms with van der Waals surface area (Å²) < 4.78 is 2.71. The normalized spacial score (nSPS) is 16.4. The van der Waals surface area contributed by atoms with Crippen molar-refractivity contribution >= 4 is 24.0 Å². The summed E-state index contributed by atoms with van der Waals surface area (Å²) in [5.74, 6) is 3.27. The predicted octanol–water partition coefficient (Wildman–Crippen LogP) is 2.05. The summed E-state index contributed by atoms with van der Waals surface area (Å²) in [6.45, 7) is 4.18. The van der Waals surface area contributed by atoms with E-state index in [0.29, 0.717) is 4.77 Å². The average molecular weight is 307 g/mol. The second-order valence-corrected chi connectivity index (χ2v) is 6.28. The van der Waals surface area contributed by atoms with Crippen molar-refractivity contribution in [1.82, 2.24) is 24.6 Å². The zero-order valence-corrected chi connectivity index (χ0v) is 12.8. The molecule has 0 aliphatic carbocycles. The van der Waals surface area contributed by atoms with E-state index in [4.69, 9.17) is 12.2 Å². The Morgan fingerprint density at radius 3 is 2.85 bits per heavy atom. The molecule has 0 spiro atoms. The zero-order chi connectivity index (χ0) is 13.8. The second-order valence-electron chi connectivity index (χ2n) is 4.67. The molecule has 0 bridgehead atoms. The molecular weight excluding hydrogens is 290 g/mol. The first-order chi connectivity index (χ1) is 9.84. The van der Waals surface area contributed by atoms with Crippen molar-refractivity contribution in [2.75, 3.05) is 31.1 Å². The number of hydrogen-bond donors (Lipinski definition) is 1. The van der Waals surface area contributed by atoms with E-state index >= 15 is 0 Å². The van der Waals surface area contributed by atoms with Crippen LogP contribution >= 0.6 is 24.0 Å². The Bertz CT molecular complexity index is 601. The number of aromatic nitrogens is 4. The van der Waals surface area contributed by atoms with Crippen LogP contribution < -0.4 is 0 Å². The fourth-order valence-electron chi connectivity index (χ4n) is 2.28. The summed E-state index contributed by atoms with van der Waals surface area (Å²) in [5.41, 5.74) is 0.856. The molecule has 2 aromatic heterocycles. The Morgan fingerprint density at radius 2 is 2.10 bits per heavy atom.